The summed E-state index contributed by atoms with van der Waals surface area (Å²) < 4.78 is 54.6. The van der Waals surface area contributed by atoms with E-state index in [-0.39, 0.29) is 6.61 Å². The number of fused-ring (bicyclic) bond motifs is 4. The molecule has 0 aliphatic carbocycles. The average molecular weight is 587 g/mol. The van der Waals surface area contributed by atoms with E-state index in [1.54, 1.807) is 43.9 Å². The van der Waals surface area contributed by atoms with Gasteiger partial charge >= 0.3 is 11.6 Å². The zero-order valence-corrected chi connectivity index (χ0v) is 24.3. The Kier molecular flexibility index (Phi) is 6.30. The van der Waals surface area contributed by atoms with Crippen LogP contribution in [0.1, 0.15) is 33.3 Å². The van der Waals surface area contributed by atoms with E-state index in [0.717, 1.165) is 16.3 Å². The lowest BCUT2D eigenvalue weighted by Crippen LogP contribution is -2.39. The fourth-order valence-electron chi connectivity index (χ4n) is 5.47. The van der Waals surface area contributed by atoms with Crippen LogP contribution in [0.15, 0.2) is 78.6 Å². The summed E-state index contributed by atoms with van der Waals surface area (Å²) >= 11 is 0. The van der Waals surface area contributed by atoms with Crippen molar-refractivity contribution in [1.82, 2.24) is 0 Å². The summed E-state index contributed by atoms with van der Waals surface area (Å²) in [5.41, 5.74) is 1.88. The summed E-state index contributed by atoms with van der Waals surface area (Å²) in [6.07, 6.45) is 8.10. The molecule has 1 fully saturated rings. The molecule has 1 saturated heterocycles. The molecule has 0 saturated carbocycles. The van der Waals surface area contributed by atoms with Gasteiger partial charge in [-0.05, 0) is 58.0 Å². The minimum atomic E-state index is -1.57. The van der Waals surface area contributed by atoms with Crippen molar-refractivity contribution in [3.63, 3.8) is 0 Å². The number of methoxy groups -OCH3 is 1. The van der Waals surface area contributed by atoms with Gasteiger partial charge in [0.05, 0.1) is 47.0 Å². The Balaban J connectivity index is 1.22. The summed E-state index contributed by atoms with van der Waals surface area (Å²) in [7, 11) is 1.60. The molecule has 43 heavy (non-hydrogen) atoms. The van der Waals surface area contributed by atoms with E-state index < -0.39 is 23.3 Å². The van der Waals surface area contributed by atoms with Gasteiger partial charge in [0.15, 0.2) is 11.3 Å². The normalized spacial score (nSPS) is 20.4. The highest BCUT2D eigenvalue weighted by Crippen LogP contribution is 2.53. The third kappa shape index (κ3) is 4.54. The number of benzene rings is 2. The summed E-state index contributed by atoms with van der Waals surface area (Å²) in [5, 5.41) is 2.13. The highest BCUT2D eigenvalue weighted by Gasteiger charge is 2.55. The maximum atomic E-state index is 11.9. The fraction of sp³-hybridized carbons (Fsp3) is 0.303. The number of hydrogen-bond donors (Lipinski definition) is 0. The van der Waals surface area contributed by atoms with Crippen molar-refractivity contribution < 1.29 is 41.7 Å². The van der Waals surface area contributed by atoms with Crippen molar-refractivity contribution in [2.24, 2.45) is 0 Å². The molecule has 2 atom stereocenters. The lowest BCUT2D eigenvalue weighted by Gasteiger charge is -2.31. The Bertz CT molecular complexity index is 1980. The molecule has 7 rings (SSSR count). The first kappa shape index (κ1) is 27.2. The van der Waals surface area contributed by atoms with E-state index >= 15 is 0 Å². The largest absolute Gasteiger partial charge is 0.495 e. The van der Waals surface area contributed by atoms with Gasteiger partial charge in [-0.15, -0.1) is 0 Å². The number of allylic oxidation sites excluding steroid dienone is 1. The van der Waals surface area contributed by atoms with Crippen LogP contribution in [0.5, 0.6) is 23.0 Å². The molecule has 3 aromatic heterocycles. The summed E-state index contributed by atoms with van der Waals surface area (Å²) in [6.45, 7) is 8.22. The second-order valence-electron chi connectivity index (χ2n) is 11.2. The van der Waals surface area contributed by atoms with Crippen molar-refractivity contribution in [2.75, 3.05) is 20.3 Å². The van der Waals surface area contributed by atoms with Gasteiger partial charge in [-0.2, -0.15) is 0 Å². The number of rotatable bonds is 7. The second-order valence-corrected chi connectivity index (χ2v) is 11.2. The molecule has 1 spiro atoms. The van der Waals surface area contributed by atoms with Crippen molar-refractivity contribution in [3.8, 4) is 23.0 Å². The molecular formula is C33H30O10. The molecule has 222 valence electrons. The predicted octanol–water partition coefficient (Wildman–Crippen LogP) is 6.97. The Morgan fingerprint density at radius 2 is 1.74 bits per heavy atom. The van der Waals surface area contributed by atoms with Crippen molar-refractivity contribution in [1.29, 1.82) is 0 Å². The van der Waals surface area contributed by atoms with Crippen LogP contribution in [0.2, 0.25) is 0 Å². The molecule has 2 aliphatic heterocycles. The Labute approximate surface area is 245 Å². The van der Waals surface area contributed by atoms with Gasteiger partial charge in [-0.25, -0.2) is 4.79 Å². The summed E-state index contributed by atoms with van der Waals surface area (Å²) in [4.78, 5) is 11.9. The molecule has 0 amide bonds. The topological polar surface area (TPSA) is 112 Å². The van der Waals surface area contributed by atoms with E-state index in [1.165, 1.54) is 6.07 Å². The van der Waals surface area contributed by atoms with Gasteiger partial charge in [0.25, 0.3) is 0 Å². The molecule has 5 heterocycles. The minimum absolute atomic E-state index is 0.0990. The zero-order valence-electron chi connectivity index (χ0n) is 24.3. The summed E-state index contributed by atoms with van der Waals surface area (Å²) in [5.74, 6) is 0.326. The second kappa shape index (κ2) is 9.96. The van der Waals surface area contributed by atoms with Crippen molar-refractivity contribution in [2.45, 2.75) is 45.4 Å². The highest BCUT2D eigenvalue weighted by molar-refractivity contribution is 6.01. The molecular weight excluding hydrogens is 556 g/mol. The number of furan rings is 2. The quantitative estimate of drug-likeness (QED) is 0.146. The van der Waals surface area contributed by atoms with Gasteiger partial charge in [0.2, 0.25) is 5.75 Å². The number of ether oxygens (including phenoxy) is 6. The molecule has 5 aromatic rings. The predicted molar refractivity (Wildman–Crippen MR) is 158 cm³/mol. The first-order valence-corrected chi connectivity index (χ1v) is 13.9. The lowest BCUT2D eigenvalue weighted by molar-refractivity contribution is -0.271. The van der Waals surface area contributed by atoms with Crippen LogP contribution < -0.4 is 24.6 Å². The van der Waals surface area contributed by atoms with Gasteiger partial charge in [-0.3, -0.25) is 0 Å². The molecule has 10 nitrogen and oxygen atoms in total. The molecule has 0 unspecified atom stereocenters. The first-order chi connectivity index (χ1) is 20.7. The van der Waals surface area contributed by atoms with E-state index in [4.69, 9.17) is 41.7 Å². The smallest absolute Gasteiger partial charge is 0.350 e. The van der Waals surface area contributed by atoms with Gasteiger partial charge in [0.1, 0.15) is 42.0 Å². The Morgan fingerprint density at radius 3 is 2.56 bits per heavy atom. The molecule has 0 N–H and O–H groups in total. The van der Waals surface area contributed by atoms with E-state index in [2.05, 4.69) is 0 Å². The Hall–Kier alpha value is -4.67. The van der Waals surface area contributed by atoms with Crippen LogP contribution in [0.25, 0.3) is 39.0 Å². The van der Waals surface area contributed by atoms with Crippen LogP contribution in [0.3, 0.4) is 0 Å². The van der Waals surface area contributed by atoms with Crippen LogP contribution in [-0.2, 0) is 9.47 Å². The molecule has 2 aliphatic rings. The van der Waals surface area contributed by atoms with Crippen LogP contribution in [0, 0.1) is 0 Å². The number of hydrogen-bond acceptors (Lipinski definition) is 10. The van der Waals surface area contributed by atoms with E-state index in [1.807, 2.05) is 45.9 Å². The maximum Gasteiger partial charge on any atom is 0.350 e. The van der Waals surface area contributed by atoms with Gasteiger partial charge in [-0.1, -0.05) is 5.57 Å². The molecule has 10 heteroatoms. The minimum Gasteiger partial charge on any atom is -0.495 e. The van der Waals surface area contributed by atoms with Crippen LogP contribution in [0.4, 0.5) is 0 Å². The molecule has 2 aromatic carbocycles. The Morgan fingerprint density at radius 1 is 0.953 bits per heavy atom. The van der Waals surface area contributed by atoms with Gasteiger partial charge in [0, 0.05) is 18.2 Å². The monoisotopic (exact) mass is 586 g/mol. The van der Waals surface area contributed by atoms with Crippen molar-refractivity contribution >= 4 is 39.0 Å². The molecule has 0 radical (unpaired) electrons. The van der Waals surface area contributed by atoms with Crippen LogP contribution >= 0.6 is 0 Å². The first-order valence-electron chi connectivity index (χ1n) is 13.9. The standard InChI is InChI=1S/C33H30O10/c1-18(2)9-13-38-31-29-22(11-15-37-29)27(35-5)21-8-12-33(42-30(21)31)41-25(32(3,4)43-33)17-39-28-19-6-7-26(34)40-24(19)16-23-20(28)10-14-36-23/h6-12,14-16,25H,13,17H2,1-5H3/t25-,33-/m1/s1. The average Bonchev–Trinajstić information content (AvgIpc) is 3.68. The zero-order chi connectivity index (χ0) is 29.9. The maximum absolute atomic E-state index is 11.9. The highest BCUT2D eigenvalue weighted by atomic mass is 16.9. The fourth-order valence-corrected chi connectivity index (χ4v) is 5.47. The molecule has 0 bridgehead atoms. The summed E-state index contributed by atoms with van der Waals surface area (Å²) in [6, 6.07) is 8.33. The van der Waals surface area contributed by atoms with Gasteiger partial charge < -0.3 is 41.7 Å². The lowest BCUT2D eigenvalue weighted by atomic mass is 10.0. The van der Waals surface area contributed by atoms with Crippen molar-refractivity contribution in [3.05, 3.63) is 76.6 Å². The van der Waals surface area contributed by atoms with E-state index in [9.17, 15) is 4.79 Å². The van der Waals surface area contributed by atoms with E-state index in [0.29, 0.717) is 57.3 Å². The van der Waals surface area contributed by atoms with Crippen LogP contribution in [-0.4, -0.2) is 38.0 Å². The third-order valence-corrected chi connectivity index (χ3v) is 7.61. The SMILES string of the molecule is COc1c2c(c(OCC=C(C)C)c3occc13)O[C@@]1(C=C2)O[C@H](COc2c3ccoc3cc3oc(=O)ccc23)C(C)(C)O1. The third-order valence-electron chi connectivity index (χ3n) is 7.61.